The number of H-pyrrole nitrogens is 1. The Balaban J connectivity index is 1.42. The van der Waals surface area contributed by atoms with Crippen molar-refractivity contribution in [1.29, 1.82) is 0 Å². The van der Waals surface area contributed by atoms with Crippen LogP contribution in [-0.4, -0.2) is 52.8 Å². The van der Waals surface area contributed by atoms with Crippen molar-refractivity contribution in [2.45, 2.75) is 19.3 Å². The molecular formula is C17H18N10. The fraction of sp³-hybridized carbons (Fsp3) is 0.294. The summed E-state index contributed by atoms with van der Waals surface area (Å²) in [4.78, 5) is 20.0. The van der Waals surface area contributed by atoms with Crippen LogP contribution in [0.25, 0.3) is 16.9 Å². The minimum Gasteiger partial charge on any atom is -0.341 e. The third-order valence-corrected chi connectivity index (χ3v) is 4.64. The van der Waals surface area contributed by atoms with E-state index in [-0.39, 0.29) is 0 Å². The van der Waals surface area contributed by atoms with E-state index in [2.05, 4.69) is 45.4 Å². The lowest BCUT2D eigenvalue weighted by atomic mass is 10.1. The van der Waals surface area contributed by atoms with Crippen molar-refractivity contribution in [3.05, 3.63) is 37.3 Å². The van der Waals surface area contributed by atoms with Gasteiger partial charge in [0.05, 0.1) is 36.2 Å². The van der Waals surface area contributed by atoms with Crippen LogP contribution >= 0.6 is 0 Å². The van der Waals surface area contributed by atoms with Crippen LogP contribution in [0.15, 0.2) is 37.3 Å². The highest BCUT2D eigenvalue weighted by Gasteiger charge is 2.15. The molecule has 4 aromatic heterocycles. The molecule has 5 heterocycles. The summed E-state index contributed by atoms with van der Waals surface area (Å²) < 4.78 is 1.73. The average Bonchev–Trinajstić information content (AvgIpc) is 3.42. The first-order valence-electron chi connectivity index (χ1n) is 8.90. The molecule has 1 aliphatic rings. The minimum absolute atomic E-state index is 0.592. The van der Waals surface area contributed by atoms with Crippen LogP contribution in [0.3, 0.4) is 0 Å². The summed E-state index contributed by atoms with van der Waals surface area (Å²) in [6.07, 6.45) is 14.0. The lowest BCUT2D eigenvalue weighted by Crippen LogP contribution is -2.30. The highest BCUT2D eigenvalue weighted by Crippen LogP contribution is 2.24. The van der Waals surface area contributed by atoms with Crippen LogP contribution in [0, 0.1) is 0 Å². The Bertz CT molecular complexity index is 1030. The third kappa shape index (κ3) is 2.94. The van der Waals surface area contributed by atoms with E-state index in [1.54, 1.807) is 35.5 Å². The topological polar surface area (TPSA) is 113 Å². The average molecular weight is 362 g/mol. The third-order valence-electron chi connectivity index (χ3n) is 4.64. The van der Waals surface area contributed by atoms with Crippen LogP contribution in [0.1, 0.15) is 19.3 Å². The molecule has 4 aromatic rings. The van der Waals surface area contributed by atoms with Crippen LogP contribution in [-0.2, 0) is 0 Å². The van der Waals surface area contributed by atoms with Crippen LogP contribution in [0.4, 0.5) is 17.5 Å². The summed E-state index contributed by atoms with van der Waals surface area (Å²) >= 11 is 0. The van der Waals surface area contributed by atoms with E-state index in [9.17, 15) is 0 Å². The number of hydrogen-bond acceptors (Lipinski definition) is 8. The Labute approximate surface area is 154 Å². The van der Waals surface area contributed by atoms with Crippen molar-refractivity contribution in [3.8, 4) is 11.3 Å². The van der Waals surface area contributed by atoms with Gasteiger partial charge in [0.15, 0.2) is 11.5 Å². The monoisotopic (exact) mass is 362 g/mol. The molecule has 10 heteroatoms. The Morgan fingerprint density at radius 1 is 0.926 bits per heavy atom. The summed E-state index contributed by atoms with van der Waals surface area (Å²) in [7, 11) is 0. The molecule has 0 radical (unpaired) electrons. The zero-order chi connectivity index (χ0) is 18.1. The maximum absolute atomic E-state index is 4.50. The van der Waals surface area contributed by atoms with Crippen molar-refractivity contribution in [2.75, 3.05) is 23.3 Å². The quantitative estimate of drug-likeness (QED) is 0.567. The minimum atomic E-state index is 0.592. The number of nitrogens with zero attached hydrogens (tertiary/aromatic N) is 8. The SMILES string of the molecule is c1nc2c(Nc3cnc(N4CCCCC4)nc3)ncc(-c3cn[nH]c3)n2n1. The van der Waals surface area contributed by atoms with E-state index in [1.165, 1.54) is 25.6 Å². The van der Waals surface area contributed by atoms with Crippen molar-refractivity contribution >= 4 is 23.1 Å². The molecule has 10 nitrogen and oxygen atoms in total. The second kappa shape index (κ2) is 6.63. The predicted octanol–water partition coefficient (Wildman–Crippen LogP) is 2.04. The first-order chi connectivity index (χ1) is 13.4. The first-order valence-corrected chi connectivity index (χ1v) is 8.90. The summed E-state index contributed by atoms with van der Waals surface area (Å²) in [6.45, 7) is 2.04. The maximum Gasteiger partial charge on any atom is 0.225 e. The Hall–Kier alpha value is -3.56. The number of anilines is 3. The molecule has 0 bridgehead atoms. The van der Waals surface area contributed by atoms with Gasteiger partial charge in [0.25, 0.3) is 0 Å². The largest absolute Gasteiger partial charge is 0.341 e. The summed E-state index contributed by atoms with van der Waals surface area (Å²) in [5.41, 5.74) is 3.07. The molecule has 0 aromatic carbocycles. The Kier molecular flexibility index (Phi) is 3.85. The molecular weight excluding hydrogens is 344 g/mol. The number of aromatic nitrogens is 8. The van der Waals surface area contributed by atoms with Gasteiger partial charge in [0, 0.05) is 24.8 Å². The Morgan fingerprint density at radius 3 is 2.56 bits per heavy atom. The van der Waals surface area contributed by atoms with E-state index in [1.807, 2.05) is 0 Å². The van der Waals surface area contributed by atoms with Gasteiger partial charge in [0.2, 0.25) is 5.95 Å². The van der Waals surface area contributed by atoms with Gasteiger partial charge in [-0.2, -0.15) is 10.2 Å². The molecule has 0 spiro atoms. The van der Waals surface area contributed by atoms with Crippen molar-refractivity contribution in [1.82, 2.24) is 39.7 Å². The highest BCUT2D eigenvalue weighted by atomic mass is 15.3. The van der Waals surface area contributed by atoms with E-state index in [4.69, 9.17) is 0 Å². The van der Waals surface area contributed by atoms with Gasteiger partial charge in [-0.1, -0.05) is 0 Å². The van der Waals surface area contributed by atoms with Gasteiger partial charge >= 0.3 is 0 Å². The van der Waals surface area contributed by atoms with Gasteiger partial charge in [0.1, 0.15) is 6.33 Å². The fourth-order valence-corrected chi connectivity index (χ4v) is 3.27. The van der Waals surface area contributed by atoms with Crippen LogP contribution < -0.4 is 10.2 Å². The molecule has 5 rings (SSSR count). The van der Waals surface area contributed by atoms with E-state index >= 15 is 0 Å². The summed E-state index contributed by atoms with van der Waals surface area (Å²) in [6, 6.07) is 0. The second-order valence-corrected chi connectivity index (χ2v) is 6.42. The predicted molar refractivity (Wildman–Crippen MR) is 99.7 cm³/mol. The number of aromatic amines is 1. The molecule has 0 saturated carbocycles. The zero-order valence-electron chi connectivity index (χ0n) is 14.6. The molecule has 0 aliphatic carbocycles. The van der Waals surface area contributed by atoms with Gasteiger partial charge in [-0.3, -0.25) is 5.10 Å². The molecule has 27 heavy (non-hydrogen) atoms. The molecule has 0 atom stereocenters. The number of rotatable bonds is 4. The van der Waals surface area contributed by atoms with Gasteiger partial charge in [-0.25, -0.2) is 24.5 Å². The molecule has 1 fully saturated rings. The normalized spacial score (nSPS) is 14.6. The number of nitrogens with one attached hydrogen (secondary N) is 2. The van der Waals surface area contributed by atoms with Crippen LogP contribution in [0.5, 0.6) is 0 Å². The lowest BCUT2D eigenvalue weighted by molar-refractivity contribution is 0.568. The van der Waals surface area contributed by atoms with Crippen LogP contribution in [0.2, 0.25) is 0 Å². The zero-order valence-corrected chi connectivity index (χ0v) is 14.6. The molecule has 1 saturated heterocycles. The van der Waals surface area contributed by atoms with E-state index < -0.39 is 0 Å². The van der Waals surface area contributed by atoms with E-state index in [0.717, 1.165) is 36.0 Å². The standard InChI is InChI=1S/C17H18N10/c1-2-4-26(5-3-1)17-19-8-13(9-20-17)25-15-16-21-11-24-27(16)14(10-18-15)12-6-22-23-7-12/h6-11H,1-5H2,(H,18,25)(H,22,23). The molecule has 2 N–H and O–H groups in total. The first kappa shape index (κ1) is 15.7. The molecule has 0 unspecified atom stereocenters. The number of hydrogen-bond donors (Lipinski definition) is 2. The number of fused-ring (bicyclic) bond motifs is 1. The summed E-state index contributed by atoms with van der Waals surface area (Å²) in [5.74, 6) is 1.37. The molecule has 0 amide bonds. The van der Waals surface area contributed by atoms with Crippen molar-refractivity contribution in [2.24, 2.45) is 0 Å². The maximum atomic E-state index is 4.50. The second-order valence-electron chi connectivity index (χ2n) is 6.42. The summed E-state index contributed by atoms with van der Waals surface area (Å²) in [5, 5.41) is 14.3. The highest BCUT2D eigenvalue weighted by molar-refractivity contribution is 5.72. The lowest BCUT2D eigenvalue weighted by Gasteiger charge is -2.26. The van der Waals surface area contributed by atoms with Crippen molar-refractivity contribution < 1.29 is 0 Å². The molecule has 1 aliphatic heterocycles. The Morgan fingerprint density at radius 2 is 1.78 bits per heavy atom. The van der Waals surface area contributed by atoms with Crippen molar-refractivity contribution in [3.63, 3.8) is 0 Å². The van der Waals surface area contributed by atoms with Gasteiger partial charge in [-0.05, 0) is 19.3 Å². The number of piperidine rings is 1. The van der Waals surface area contributed by atoms with Gasteiger partial charge in [-0.15, -0.1) is 0 Å². The van der Waals surface area contributed by atoms with Gasteiger partial charge < -0.3 is 10.2 Å². The fourth-order valence-electron chi connectivity index (χ4n) is 3.27. The molecule has 136 valence electrons. The smallest absolute Gasteiger partial charge is 0.225 e. The van der Waals surface area contributed by atoms with E-state index in [0.29, 0.717) is 11.5 Å².